The third-order valence-corrected chi connectivity index (χ3v) is 4.56. The van der Waals surface area contributed by atoms with Crippen LogP contribution in [0.1, 0.15) is 15.9 Å². The second-order valence-corrected chi connectivity index (χ2v) is 5.43. The third-order valence-electron chi connectivity index (χ3n) is 2.95. The van der Waals surface area contributed by atoms with E-state index in [4.69, 9.17) is 5.73 Å². The van der Waals surface area contributed by atoms with E-state index >= 15 is 0 Å². The number of hydrogen-bond donors (Lipinski definition) is 2. The first kappa shape index (κ1) is 12.2. The van der Waals surface area contributed by atoms with E-state index in [1.54, 1.807) is 7.05 Å². The summed E-state index contributed by atoms with van der Waals surface area (Å²) in [7, 11) is 0.221. The van der Waals surface area contributed by atoms with Crippen LogP contribution < -0.4 is 11.1 Å². The van der Waals surface area contributed by atoms with Gasteiger partial charge in [0.05, 0.1) is 33.1 Å². The number of ketones is 1. The number of nitrogen functional groups attached to an aromatic ring is 1. The van der Waals surface area contributed by atoms with Crippen LogP contribution in [0.4, 0.5) is 10.1 Å². The molecular formula is C11H13FN2O2S. The highest BCUT2D eigenvalue weighted by Gasteiger charge is 2.34. The Labute approximate surface area is 101 Å². The van der Waals surface area contributed by atoms with E-state index in [2.05, 4.69) is 5.32 Å². The first-order chi connectivity index (χ1) is 7.97. The highest BCUT2D eigenvalue weighted by Crippen LogP contribution is 2.31. The molecule has 3 N–H and O–H groups in total. The predicted molar refractivity (Wildman–Crippen MR) is 64.0 cm³/mol. The molecule has 1 aromatic rings. The average Bonchev–Trinajstić information content (AvgIpc) is 2.28. The summed E-state index contributed by atoms with van der Waals surface area (Å²) in [6.07, 6.45) is 0. The molecule has 0 radical (unpaired) electrons. The maximum Gasteiger partial charge on any atom is 0.183 e. The monoisotopic (exact) mass is 256 g/mol. The Hall–Kier alpha value is -1.27. The Morgan fingerprint density at radius 3 is 2.82 bits per heavy atom. The minimum Gasteiger partial charge on any atom is -0.398 e. The highest BCUT2D eigenvalue weighted by molar-refractivity contribution is 7.85. The SMILES string of the molecule is CNC1CS(=O)c2c(C)c(F)cc(N)c2C1=O. The van der Waals surface area contributed by atoms with Crippen LogP contribution in [0.5, 0.6) is 0 Å². The van der Waals surface area contributed by atoms with Crippen LogP contribution in [-0.4, -0.2) is 28.8 Å². The number of fused-ring (bicyclic) bond motifs is 1. The number of rotatable bonds is 1. The van der Waals surface area contributed by atoms with Gasteiger partial charge in [0.15, 0.2) is 5.78 Å². The van der Waals surface area contributed by atoms with Crippen LogP contribution in [0, 0.1) is 12.7 Å². The molecule has 0 fully saturated rings. The lowest BCUT2D eigenvalue weighted by atomic mass is 10.00. The van der Waals surface area contributed by atoms with E-state index in [9.17, 15) is 13.4 Å². The molecule has 4 nitrogen and oxygen atoms in total. The minimum absolute atomic E-state index is 0.0569. The lowest BCUT2D eigenvalue weighted by Crippen LogP contribution is -2.43. The predicted octanol–water partition coefficient (Wildman–Crippen LogP) is 0.608. The molecule has 17 heavy (non-hydrogen) atoms. The first-order valence-corrected chi connectivity index (χ1v) is 6.47. The topological polar surface area (TPSA) is 72.2 Å². The summed E-state index contributed by atoms with van der Waals surface area (Å²) in [5.74, 6) is -0.584. The van der Waals surface area contributed by atoms with Gasteiger partial charge in [0, 0.05) is 11.3 Å². The standard InChI is InChI=1S/C11H13FN2O2S/c1-5-6(12)3-7(13)9-10(15)8(14-2)4-17(16)11(5)9/h3,8,14H,4,13H2,1-2H3. The molecule has 1 aliphatic rings. The lowest BCUT2D eigenvalue weighted by molar-refractivity contribution is 0.0951. The van der Waals surface area contributed by atoms with Crippen LogP contribution in [0.2, 0.25) is 0 Å². The fourth-order valence-electron chi connectivity index (χ4n) is 1.98. The van der Waals surface area contributed by atoms with Crippen molar-refractivity contribution in [3.63, 3.8) is 0 Å². The number of nitrogens with one attached hydrogen (secondary N) is 1. The first-order valence-electron chi connectivity index (χ1n) is 5.15. The highest BCUT2D eigenvalue weighted by atomic mass is 32.2. The molecule has 2 atom stereocenters. The van der Waals surface area contributed by atoms with Crippen LogP contribution in [0.15, 0.2) is 11.0 Å². The zero-order valence-corrected chi connectivity index (χ0v) is 10.4. The molecule has 2 unspecified atom stereocenters. The number of halogens is 1. The Kier molecular flexibility index (Phi) is 3.01. The second-order valence-electron chi connectivity index (χ2n) is 3.99. The fourth-order valence-corrected chi connectivity index (χ4v) is 3.65. The maximum atomic E-state index is 13.5. The molecule has 0 amide bonds. The number of hydrogen-bond acceptors (Lipinski definition) is 4. The van der Waals surface area contributed by atoms with Gasteiger partial charge in [0.25, 0.3) is 0 Å². The Balaban J connectivity index is 2.73. The van der Waals surface area contributed by atoms with E-state index in [1.807, 2.05) is 0 Å². The third kappa shape index (κ3) is 1.77. The second kappa shape index (κ2) is 4.19. The van der Waals surface area contributed by atoms with Gasteiger partial charge >= 0.3 is 0 Å². The number of likely N-dealkylation sites (N-methyl/N-ethyl adjacent to an activating group) is 1. The Morgan fingerprint density at radius 2 is 2.24 bits per heavy atom. The molecule has 0 saturated carbocycles. The molecule has 0 aromatic heterocycles. The minimum atomic E-state index is -1.40. The molecule has 92 valence electrons. The van der Waals surface area contributed by atoms with Gasteiger partial charge in [0.1, 0.15) is 5.82 Å². The van der Waals surface area contributed by atoms with E-state index < -0.39 is 22.7 Å². The molecule has 0 saturated heterocycles. The summed E-state index contributed by atoms with van der Waals surface area (Å²) in [5.41, 5.74) is 6.16. The van der Waals surface area contributed by atoms with Gasteiger partial charge in [-0.15, -0.1) is 0 Å². The van der Waals surface area contributed by atoms with Crippen LogP contribution in [-0.2, 0) is 10.8 Å². The van der Waals surface area contributed by atoms with Gasteiger partial charge in [-0.2, -0.15) is 0 Å². The van der Waals surface area contributed by atoms with Gasteiger partial charge < -0.3 is 11.1 Å². The number of carbonyl (C=O) groups is 1. The number of Topliss-reactive ketones (excluding diaryl/α,β-unsaturated/α-hetero) is 1. The van der Waals surface area contributed by atoms with E-state index in [0.717, 1.165) is 6.07 Å². The van der Waals surface area contributed by atoms with Crippen molar-refractivity contribution >= 4 is 22.3 Å². The van der Waals surface area contributed by atoms with Crippen molar-refractivity contribution in [3.8, 4) is 0 Å². The maximum absolute atomic E-state index is 13.5. The normalized spacial score (nSPS) is 23.6. The van der Waals surface area contributed by atoms with Crippen molar-refractivity contribution in [3.05, 3.63) is 23.0 Å². The molecular weight excluding hydrogens is 243 g/mol. The molecule has 1 aromatic carbocycles. The largest absolute Gasteiger partial charge is 0.398 e. The van der Waals surface area contributed by atoms with Crippen LogP contribution >= 0.6 is 0 Å². The van der Waals surface area contributed by atoms with Crippen molar-refractivity contribution in [1.82, 2.24) is 5.32 Å². The van der Waals surface area contributed by atoms with Crippen LogP contribution in [0.25, 0.3) is 0 Å². The molecule has 0 spiro atoms. The summed E-state index contributed by atoms with van der Waals surface area (Å²) in [4.78, 5) is 12.3. The van der Waals surface area contributed by atoms with E-state index in [-0.39, 0.29) is 33.2 Å². The summed E-state index contributed by atoms with van der Waals surface area (Å²) in [6, 6.07) is 0.594. The van der Waals surface area contributed by atoms with Gasteiger partial charge in [0.2, 0.25) is 0 Å². The fraction of sp³-hybridized carbons (Fsp3) is 0.364. The molecule has 6 heteroatoms. The molecule has 1 aliphatic heterocycles. The summed E-state index contributed by atoms with van der Waals surface area (Å²) in [5, 5.41) is 2.79. The van der Waals surface area contributed by atoms with Crippen molar-refractivity contribution < 1.29 is 13.4 Å². The zero-order valence-electron chi connectivity index (χ0n) is 9.54. The lowest BCUT2D eigenvalue weighted by Gasteiger charge is -2.25. The number of carbonyl (C=O) groups excluding carboxylic acids is 1. The zero-order chi connectivity index (χ0) is 12.7. The number of anilines is 1. The molecule has 0 bridgehead atoms. The number of benzene rings is 1. The van der Waals surface area contributed by atoms with Crippen molar-refractivity contribution in [2.75, 3.05) is 18.5 Å². The van der Waals surface area contributed by atoms with E-state index in [0.29, 0.717) is 0 Å². The summed E-state index contributed by atoms with van der Waals surface area (Å²) < 4.78 is 25.5. The Morgan fingerprint density at radius 1 is 1.59 bits per heavy atom. The smallest absolute Gasteiger partial charge is 0.183 e. The van der Waals surface area contributed by atoms with Crippen LogP contribution in [0.3, 0.4) is 0 Å². The molecule has 0 aliphatic carbocycles. The molecule has 2 rings (SSSR count). The van der Waals surface area contributed by atoms with Gasteiger partial charge in [-0.05, 0) is 20.0 Å². The Bertz CT molecular complexity index is 531. The number of nitrogens with two attached hydrogens (primary N) is 1. The molecule has 1 heterocycles. The summed E-state index contributed by atoms with van der Waals surface area (Å²) in [6.45, 7) is 1.51. The van der Waals surface area contributed by atoms with Crippen molar-refractivity contribution in [2.24, 2.45) is 0 Å². The van der Waals surface area contributed by atoms with Gasteiger partial charge in [-0.3, -0.25) is 9.00 Å². The van der Waals surface area contributed by atoms with E-state index in [1.165, 1.54) is 6.92 Å². The van der Waals surface area contributed by atoms with Crippen molar-refractivity contribution in [2.45, 2.75) is 17.9 Å². The quantitative estimate of drug-likeness (QED) is 0.722. The van der Waals surface area contributed by atoms with Gasteiger partial charge in [-0.25, -0.2) is 4.39 Å². The summed E-state index contributed by atoms with van der Waals surface area (Å²) >= 11 is 0. The average molecular weight is 256 g/mol. The van der Waals surface area contributed by atoms with Crippen molar-refractivity contribution in [1.29, 1.82) is 0 Å². The van der Waals surface area contributed by atoms with Gasteiger partial charge in [-0.1, -0.05) is 0 Å².